The van der Waals surface area contributed by atoms with Crippen LogP contribution in [0.4, 0.5) is 0 Å². The van der Waals surface area contributed by atoms with Crippen molar-refractivity contribution in [3.05, 3.63) is 23.3 Å². The highest BCUT2D eigenvalue weighted by molar-refractivity contribution is 5.52. The van der Waals surface area contributed by atoms with Crippen molar-refractivity contribution in [1.29, 1.82) is 0 Å². The zero-order chi connectivity index (χ0) is 12.5. The van der Waals surface area contributed by atoms with Crippen molar-refractivity contribution in [3.63, 3.8) is 0 Å². The second-order valence-electron chi connectivity index (χ2n) is 4.43. The molecule has 1 saturated carbocycles. The molecule has 0 atom stereocenters. The van der Waals surface area contributed by atoms with Crippen LogP contribution in [0.3, 0.4) is 0 Å². The third kappa shape index (κ3) is 1.81. The lowest BCUT2D eigenvalue weighted by atomic mass is 9.70. The molecule has 1 aromatic rings. The molecule has 0 saturated heterocycles. The van der Waals surface area contributed by atoms with Gasteiger partial charge in [-0.15, -0.1) is 0 Å². The van der Waals surface area contributed by atoms with Crippen molar-refractivity contribution >= 4 is 6.08 Å². The molecule has 0 bridgehead atoms. The van der Waals surface area contributed by atoms with Gasteiger partial charge in [-0.05, 0) is 37.8 Å². The maximum atomic E-state index is 10.6. The summed E-state index contributed by atoms with van der Waals surface area (Å²) in [6, 6.07) is 3.22. The van der Waals surface area contributed by atoms with Gasteiger partial charge in [-0.1, -0.05) is 0 Å². The Hall–Kier alpha value is -1.80. The van der Waals surface area contributed by atoms with Gasteiger partial charge in [-0.2, -0.15) is 4.99 Å². The van der Waals surface area contributed by atoms with E-state index < -0.39 is 5.54 Å². The van der Waals surface area contributed by atoms with Gasteiger partial charge in [0.05, 0.1) is 7.11 Å². The van der Waals surface area contributed by atoms with Crippen LogP contribution in [-0.4, -0.2) is 18.3 Å². The van der Waals surface area contributed by atoms with E-state index in [0.717, 1.165) is 30.4 Å². The first kappa shape index (κ1) is 11.7. The number of nitrogens with zero attached hydrogens (tertiary/aromatic N) is 1. The van der Waals surface area contributed by atoms with Crippen LogP contribution in [0, 0.1) is 6.92 Å². The first-order chi connectivity index (χ1) is 8.13. The Balaban J connectivity index is 2.61. The maximum Gasteiger partial charge on any atom is 0.235 e. The molecule has 4 nitrogen and oxygen atoms in total. The number of methoxy groups -OCH3 is 1. The summed E-state index contributed by atoms with van der Waals surface area (Å²) in [6.07, 6.45) is 4.34. The van der Waals surface area contributed by atoms with Gasteiger partial charge in [0.2, 0.25) is 6.08 Å². The predicted octanol–water partition coefficient (Wildman–Crippen LogP) is 2.42. The lowest BCUT2D eigenvalue weighted by molar-refractivity contribution is 0.244. The summed E-state index contributed by atoms with van der Waals surface area (Å²) in [7, 11) is 1.55. The molecule has 0 heterocycles. The van der Waals surface area contributed by atoms with Crippen LogP contribution < -0.4 is 4.74 Å². The molecule has 17 heavy (non-hydrogen) atoms. The highest BCUT2D eigenvalue weighted by Crippen LogP contribution is 2.50. The maximum absolute atomic E-state index is 10.6. The normalized spacial score (nSPS) is 16.8. The molecule has 0 spiro atoms. The molecule has 0 unspecified atom stereocenters. The SMILES string of the molecule is COc1cc(O)cc(C)c1C1(N=C=O)CCC1. The summed E-state index contributed by atoms with van der Waals surface area (Å²) >= 11 is 0. The Morgan fingerprint density at radius 3 is 2.65 bits per heavy atom. The fourth-order valence-corrected chi connectivity index (χ4v) is 2.51. The van der Waals surface area contributed by atoms with Gasteiger partial charge >= 0.3 is 0 Å². The minimum absolute atomic E-state index is 0.160. The topological polar surface area (TPSA) is 58.9 Å². The number of hydrogen-bond acceptors (Lipinski definition) is 4. The molecule has 4 heteroatoms. The van der Waals surface area contributed by atoms with E-state index in [4.69, 9.17) is 4.74 Å². The van der Waals surface area contributed by atoms with Gasteiger partial charge in [-0.25, -0.2) is 4.79 Å². The molecule has 0 aromatic heterocycles. The van der Waals surface area contributed by atoms with E-state index in [9.17, 15) is 9.90 Å². The van der Waals surface area contributed by atoms with Gasteiger partial charge in [0.25, 0.3) is 0 Å². The zero-order valence-corrected chi connectivity index (χ0v) is 9.99. The first-order valence-electron chi connectivity index (χ1n) is 5.60. The van der Waals surface area contributed by atoms with Crippen molar-refractivity contribution in [3.8, 4) is 11.5 Å². The quantitative estimate of drug-likeness (QED) is 0.644. The van der Waals surface area contributed by atoms with Crippen molar-refractivity contribution in [2.45, 2.75) is 31.7 Å². The molecule has 1 aromatic carbocycles. The summed E-state index contributed by atoms with van der Waals surface area (Å²) in [4.78, 5) is 14.5. The fraction of sp³-hybridized carbons (Fsp3) is 0.462. The number of phenolic OH excluding ortho intramolecular Hbond substituents is 1. The van der Waals surface area contributed by atoms with E-state index in [0.29, 0.717) is 5.75 Å². The Bertz CT molecular complexity index is 486. The Morgan fingerprint density at radius 2 is 2.18 bits per heavy atom. The number of aromatic hydroxyl groups is 1. The van der Waals surface area contributed by atoms with Crippen molar-refractivity contribution in [2.75, 3.05) is 7.11 Å². The molecule has 0 aliphatic heterocycles. The van der Waals surface area contributed by atoms with E-state index in [-0.39, 0.29) is 5.75 Å². The zero-order valence-electron chi connectivity index (χ0n) is 9.99. The van der Waals surface area contributed by atoms with Crippen molar-refractivity contribution < 1.29 is 14.6 Å². The van der Waals surface area contributed by atoms with Gasteiger partial charge in [-0.3, -0.25) is 0 Å². The minimum Gasteiger partial charge on any atom is -0.508 e. The summed E-state index contributed by atoms with van der Waals surface area (Å²) < 4.78 is 5.29. The minimum atomic E-state index is -0.495. The van der Waals surface area contributed by atoms with E-state index >= 15 is 0 Å². The number of isocyanates is 1. The highest BCUT2D eigenvalue weighted by atomic mass is 16.5. The molecule has 1 fully saturated rings. The lowest BCUT2D eigenvalue weighted by Crippen LogP contribution is -2.33. The summed E-state index contributed by atoms with van der Waals surface area (Å²) in [5, 5.41) is 9.55. The molecular formula is C13H15NO3. The smallest absolute Gasteiger partial charge is 0.235 e. The van der Waals surface area contributed by atoms with Crippen molar-refractivity contribution in [1.82, 2.24) is 0 Å². The van der Waals surface area contributed by atoms with Crippen LogP contribution in [-0.2, 0) is 10.3 Å². The number of ether oxygens (including phenoxy) is 1. The van der Waals surface area contributed by atoms with E-state index in [1.54, 1.807) is 25.3 Å². The van der Waals surface area contributed by atoms with E-state index in [1.807, 2.05) is 6.92 Å². The molecule has 1 N–H and O–H groups in total. The average Bonchev–Trinajstić information content (AvgIpc) is 2.23. The first-order valence-corrected chi connectivity index (χ1v) is 5.60. The standard InChI is InChI=1S/C13H15NO3/c1-9-6-10(16)7-11(17-2)12(9)13(14-8-15)4-3-5-13/h6-7,16H,3-5H2,1-2H3. The van der Waals surface area contributed by atoms with E-state index in [1.165, 1.54) is 0 Å². The van der Waals surface area contributed by atoms with Crippen LogP contribution >= 0.6 is 0 Å². The molecule has 1 aliphatic rings. The van der Waals surface area contributed by atoms with Crippen LogP contribution in [0.2, 0.25) is 0 Å². The number of carbonyl (C=O) groups excluding carboxylic acids is 1. The largest absolute Gasteiger partial charge is 0.508 e. The molecule has 2 rings (SSSR count). The van der Waals surface area contributed by atoms with Crippen molar-refractivity contribution in [2.24, 2.45) is 4.99 Å². The van der Waals surface area contributed by atoms with Gasteiger partial charge in [0.1, 0.15) is 17.0 Å². The number of aryl methyl sites for hydroxylation is 1. The van der Waals surface area contributed by atoms with E-state index in [2.05, 4.69) is 4.99 Å². The van der Waals surface area contributed by atoms with Gasteiger partial charge < -0.3 is 9.84 Å². The number of phenols is 1. The Labute approximate surface area is 99.9 Å². The number of aliphatic imine (C=N–C) groups is 1. The van der Waals surface area contributed by atoms with Crippen LogP contribution in [0.25, 0.3) is 0 Å². The molecule has 0 radical (unpaired) electrons. The Kier molecular flexibility index (Phi) is 2.90. The molecular weight excluding hydrogens is 218 g/mol. The number of rotatable bonds is 3. The van der Waals surface area contributed by atoms with Crippen LogP contribution in [0.15, 0.2) is 17.1 Å². The lowest BCUT2D eigenvalue weighted by Gasteiger charge is -2.38. The number of benzene rings is 1. The third-order valence-electron chi connectivity index (χ3n) is 3.41. The van der Waals surface area contributed by atoms with Crippen LogP contribution in [0.1, 0.15) is 30.4 Å². The molecule has 90 valence electrons. The number of hydrogen-bond donors (Lipinski definition) is 1. The summed E-state index contributed by atoms with van der Waals surface area (Å²) in [5.41, 5.74) is 1.29. The summed E-state index contributed by atoms with van der Waals surface area (Å²) in [6.45, 7) is 1.89. The predicted molar refractivity (Wildman–Crippen MR) is 63.0 cm³/mol. The third-order valence-corrected chi connectivity index (χ3v) is 3.41. The monoisotopic (exact) mass is 233 g/mol. The second-order valence-corrected chi connectivity index (χ2v) is 4.43. The van der Waals surface area contributed by atoms with Crippen LogP contribution in [0.5, 0.6) is 11.5 Å². The van der Waals surface area contributed by atoms with Gasteiger partial charge in [0.15, 0.2) is 0 Å². The fourth-order valence-electron chi connectivity index (χ4n) is 2.51. The molecule has 1 aliphatic carbocycles. The highest BCUT2D eigenvalue weighted by Gasteiger charge is 2.42. The molecule has 0 amide bonds. The average molecular weight is 233 g/mol. The second kappa shape index (κ2) is 4.22. The van der Waals surface area contributed by atoms with Gasteiger partial charge in [0, 0.05) is 11.6 Å². The Morgan fingerprint density at radius 1 is 1.47 bits per heavy atom. The summed E-state index contributed by atoms with van der Waals surface area (Å²) in [5.74, 6) is 0.744.